The number of Topliss-reactive ketones (excluding diaryl/α,β-unsaturated/α-hetero) is 1. The van der Waals surface area contributed by atoms with Gasteiger partial charge in [-0.15, -0.1) is 22.7 Å². The van der Waals surface area contributed by atoms with Crippen LogP contribution >= 0.6 is 22.7 Å². The third-order valence-corrected chi connectivity index (χ3v) is 5.05. The molecule has 0 N–H and O–H groups in total. The number of nitrogens with zero attached hydrogens (tertiary/aromatic N) is 1. The molecule has 116 valence electrons. The Hall–Kier alpha value is -2.58. The molecule has 0 aliphatic carbocycles. The van der Waals surface area contributed by atoms with Gasteiger partial charge in [0.05, 0.1) is 9.80 Å². The monoisotopic (exact) mass is 347 g/mol. The molecule has 2 aromatic heterocycles. The maximum Gasteiger partial charge on any atom is 0.348 e. The van der Waals surface area contributed by atoms with Crippen LogP contribution in [0.15, 0.2) is 41.8 Å². The third-order valence-electron chi connectivity index (χ3n) is 3.04. The number of hydrogen-bond acceptors (Lipinski definition) is 7. The van der Waals surface area contributed by atoms with E-state index in [9.17, 15) is 19.7 Å². The lowest BCUT2D eigenvalue weighted by Gasteiger charge is -2.00. The number of carbonyl (C=O) groups is 2. The first-order valence-electron chi connectivity index (χ1n) is 6.46. The molecular formula is C15H9NO5S2. The van der Waals surface area contributed by atoms with Crippen molar-refractivity contribution in [1.29, 1.82) is 0 Å². The molecule has 0 bridgehead atoms. The summed E-state index contributed by atoms with van der Waals surface area (Å²) in [5.74, 6) is -0.871. The molecule has 0 saturated carbocycles. The van der Waals surface area contributed by atoms with Gasteiger partial charge in [-0.1, -0.05) is 6.07 Å². The highest BCUT2D eigenvalue weighted by molar-refractivity contribution is 7.20. The number of hydrogen-bond donors (Lipinski definition) is 0. The van der Waals surface area contributed by atoms with E-state index in [0.29, 0.717) is 15.1 Å². The lowest BCUT2D eigenvalue weighted by Crippen LogP contribution is -2.12. The van der Waals surface area contributed by atoms with Gasteiger partial charge in [-0.05, 0) is 23.6 Å². The van der Waals surface area contributed by atoms with E-state index in [1.165, 1.54) is 40.9 Å². The fourth-order valence-electron chi connectivity index (χ4n) is 1.96. The first-order valence-corrected chi connectivity index (χ1v) is 8.16. The number of carbonyl (C=O) groups excluding carboxylic acids is 2. The van der Waals surface area contributed by atoms with Crippen LogP contribution in [0.3, 0.4) is 0 Å². The van der Waals surface area contributed by atoms with Crippen molar-refractivity contribution in [2.75, 3.05) is 6.61 Å². The van der Waals surface area contributed by atoms with Gasteiger partial charge in [0.15, 0.2) is 6.61 Å². The topological polar surface area (TPSA) is 86.5 Å². The fourth-order valence-corrected chi connectivity index (χ4v) is 3.54. The van der Waals surface area contributed by atoms with Crippen molar-refractivity contribution in [3.8, 4) is 0 Å². The molecular weight excluding hydrogens is 338 g/mol. The average Bonchev–Trinajstić information content (AvgIpc) is 3.20. The Morgan fingerprint density at radius 3 is 2.70 bits per heavy atom. The second-order valence-electron chi connectivity index (χ2n) is 4.57. The zero-order valence-corrected chi connectivity index (χ0v) is 13.2. The van der Waals surface area contributed by atoms with Gasteiger partial charge < -0.3 is 4.74 Å². The van der Waals surface area contributed by atoms with Crippen LogP contribution in [0.1, 0.15) is 19.3 Å². The molecule has 2 heterocycles. The van der Waals surface area contributed by atoms with Gasteiger partial charge in [-0.3, -0.25) is 14.9 Å². The van der Waals surface area contributed by atoms with Crippen LogP contribution < -0.4 is 0 Å². The summed E-state index contributed by atoms with van der Waals surface area (Å²) in [5, 5.41) is 13.1. The molecule has 0 fully saturated rings. The lowest BCUT2D eigenvalue weighted by atomic mass is 10.2. The molecule has 23 heavy (non-hydrogen) atoms. The Bertz CT molecular complexity index is 898. The smallest absolute Gasteiger partial charge is 0.348 e. The van der Waals surface area contributed by atoms with Gasteiger partial charge in [-0.2, -0.15) is 0 Å². The van der Waals surface area contributed by atoms with Crippen LogP contribution in [0.5, 0.6) is 0 Å². The van der Waals surface area contributed by atoms with Crippen LogP contribution in [-0.4, -0.2) is 23.3 Å². The van der Waals surface area contributed by atoms with E-state index in [0.717, 1.165) is 4.70 Å². The Morgan fingerprint density at radius 2 is 2.00 bits per heavy atom. The molecule has 0 radical (unpaired) electrons. The molecule has 3 aromatic rings. The Labute approximate surface area is 138 Å². The number of benzene rings is 1. The zero-order chi connectivity index (χ0) is 16.4. The van der Waals surface area contributed by atoms with E-state index in [1.807, 2.05) is 0 Å². The Kier molecular flexibility index (Phi) is 4.18. The Balaban J connectivity index is 1.73. The molecule has 0 spiro atoms. The van der Waals surface area contributed by atoms with E-state index in [4.69, 9.17) is 4.74 Å². The number of thiophene rings is 2. The highest BCUT2D eigenvalue weighted by Crippen LogP contribution is 2.29. The van der Waals surface area contributed by atoms with Gasteiger partial charge in [0.25, 0.3) is 5.69 Å². The van der Waals surface area contributed by atoms with Crippen molar-refractivity contribution >= 4 is 50.2 Å². The summed E-state index contributed by atoms with van der Waals surface area (Å²) in [6, 6.07) is 9.32. The Morgan fingerprint density at radius 1 is 1.17 bits per heavy atom. The molecule has 0 atom stereocenters. The summed E-state index contributed by atoms with van der Waals surface area (Å²) in [6.45, 7) is -0.326. The minimum atomic E-state index is -0.612. The van der Waals surface area contributed by atoms with Gasteiger partial charge in [-0.25, -0.2) is 4.79 Å². The van der Waals surface area contributed by atoms with Gasteiger partial charge in [0, 0.05) is 22.2 Å². The number of esters is 1. The third kappa shape index (κ3) is 3.27. The summed E-state index contributed by atoms with van der Waals surface area (Å²) in [5.41, 5.74) is -0.0388. The molecule has 1 aromatic carbocycles. The van der Waals surface area contributed by atoms with Crippen LogP contribution in [-0.2, 0) is 4.74 Å². The molecule has 6 nitrogen and oxygen atoms in total. The minimum Gasteiger partial charge on any atom is -0.453 e. The maximum atomic E-state index is 12.0. The number of fused-ring (bicyclic) bond motifs is 1. The first kappa shape index (κ1) is 15.3. The highest BCUT2D eigenvalue weighted by Gasteiger charge is 2.16. The number of nitro groups is 1. The van der Waals surface area contributed by atoms with E-state index in [2.05, 4.69) is 0 Å². The predicted molar refractivity (Wildman–Crippen MR) is 87.4 cm³/mol. The largest absolute Gasteiger partial charge is 0.453 e. The molecule has 0 unspecified atom stereocenters. The number of rotatable bonds is 5. The fraction of sp³-hybridized carbons (Fsp3) is 0.0667. The summed E-state index contributed by atoms with van der Waals surface area (Å²) < 4.78 is 5.76. The number of ether oxygens (including phenoxy) is 1. The molecule has 0 aliphatic heterocycles. The molecule has 8 heteroatoms. The van der Waals surface area contributed by atoms with Gasteiger partial charge in [0.1, 0.15) is 4.88 Å². The first-order chi connectivity index (χ1) is 11.0. The van der Waals surface area contributed by atoms with E-state index in [-0.39, 0.29) is 18.1 Å². The van der Waals surface area contributed by atoms with Crippen LogP contribution in [0.4, 0.5) is 5.69 Å². The zero-order valence-electron chi connectivity index (χ0n) is 11.6. The van der Waals surface area contributed by atoms with Crippen molar-refractivity contribution in [2.45, 2.75) is 0 Å². The van der Waals surface area contributed by atoms with Crippen LogP contribution in [0.2, 0.25) is 0 Å². The molecule has 0 amide bonds. The van der Waals surface area contributed by atoms with Crippen LogP contribution in [0, 0.1) is 10.1 Å². The quantitative estimate of drug-likeness (QED) is 0.302. The van der Waals surface area contributed by atoms with Gasteiger partial charge >= 0.3 is 5.97 Å². The standard InChI is InChI=1S/C15H9NO5S2/c17-11(13-2-1-5-22-13)8-21-15(18)14-7-9-6-10(16(19)20)3-4-12(9)23-14/h1-7H,8H2. The van der Waals surface area contributed by atoms with Crippen molar-refractivity contribution < 1.29 is 19.2 Å². The van der Waals surface area contributed by atoms with Gasteiger partial charge in [0.2, 0.25) is 5.78 Å². The summed E-state index contributed by atoms with van der Waals surface area (Å²) in [6.07, 6.45) is 0. The van der Waals surface area contributed by atoms with E-state index >= 15 is 0 Å². The molecule has 0 saturated heterocycles. The average molecular weight is 347 g/mol. The number of non-ortho nitro benzene ring substituents is 1. The van der Waals surface area contributed by atoms with E-state index < -0.39 is 10.9 Å². The van der Waals surface area contributed by atoms with Crippen molar-refractivity contribution in [2.24, 2.45) is 0 Å². The summed E-state index contributed by atoms with van der Waals surface area (Å²) in [4.78, 5) is 34.9. The lowest BCUT2D eigenvalue weighted by molar-refractivity contribution is -0.384. The van der Waals surface area contributed by atoms with Crippen LogP contribution in [0.25, 0.3) is 10.1 Å². The summed E-state index contributed by atoms with van der Waals surface area (Å²) in [7, 11) is 0. The highest BCUT2D eigenvalue weighted by atomic mass is 32.1. The minimum absolute atomic E-state index is 0.0388. The van der Waals surface area contributed by atoms with Crippen molar-refractivity contribution in [3.05, 3.63) is 61.6 Å². The number of nitro benzene ring substituents is 1. The molecule has 0 aliphatic rings. The second kappa shape index (κ2) is 6.27. The maximum absolute atomic E-state index is 12.0. The predicted octanol–water partition coefficient (Wildman–Crippen LogP) is 3.91. The normalized spacial score (nSPS) is 10.6. The SMILES string of the molecule is O=C(COC(=O)c1cc2cc([N+](=O)[O-])ccc2s1)c1cccs1. The summed E-state index contributed by atoms with van der Waals surface area (Å²) >= 11 is 2.45. The van der Waals surface area contributed by atoms with Crippen molar-refractivity contribution in [1.82, 2.24) is 0 Å². The van der Waals surface area contributed by atoms with E-state index in [1.54, 1.807) is 23.6 Å². The second-order valence-corrected chi connectivity index (χ2v) is 6.60. The molecule has 3 rings (SSSR count). The van der Waals surface area contributed by atoms with Crippen molar-refractivity contribution in [3.63, 3.8) is 0 Å². The number of ketones is 1.